The Morgan fingerprint density at radius 2 is 1.87 bits per heavy atom. The number of anilines is 3. The zero-order valence-electron chi connectivity index (χ0n) is 16.9. The molecule has 0 spiro atoms. The third-order valence-electron chi connectivity index (χ3n) is 4.26. The minimum Gasteiger partial charge on any atom is -0.394 e. The number of nitrogens with two attached hydrogens (primary N) is 2. The summed E-state index contributed by atoms with van der Waals surface area (Å²) in [5, 5.41) is 34.0. The summed E-state index contributed by atoms with van der Waals surface area (Å²) in [6, 6.07) is 7.82. The van der Waals surface area contributed by atoms with Crippen LogP contribution in [0.15, 0.2) is 24.3 Å². The van der Waals surface area contributed by atoms with Crippen molar-refractivity contribution in [1.82, 2.24) is 20.6 Å². The maximum absolute atomic E-state index is 12.1. The van der Waals surface area contributed by atoms with E-state index >= 15 is 0 Å². The number of aryl methyl sites for hydroxylation is 1. The first-order valence-electron chi connectivity index (χ1n) is 9.64. The van der Waals surface area contributed by atoms with Crippen LogP contribution in [0.4, 0.5) is 17.3 Å². The fraction of sp³-hybridized carbons (Fsp3) is 0.368. The minimum atomic E-state index is -0.787. The molecule has 1 aromatic carbocycles. The molecular formula is C19H27ClN8O3. The van der Waals surface area contributed by atoms with E-state index in [1.165, 1.54) is 0 Å². The normalized spacial score (nSPS) is 11.6. The third-order valence-corrected chi connectivity index (χ3v) is 4.54. The van der Waals surface area contributed by atoms with Crippen molar-refractivity contribution in [3.63, 3.8) is 0 Å². The highest BCUT2D eigenvalue weighted by atomic mass is 35.5. The number of amides is 1. The SMILES string of the molecule is N=C(NCCCCc1ccc(NC[C@@H](O)CO)cc1)NC(=O)c1nc(Cl)c(N)nc1N. The average molecular weight is 451 g/mol. The second-order valence-corrected chi connectivity index (χ2v) is 7.12. The molecule has 0 saturated carbocycles. The van der Waals surface area contributed by atoms with Gasteiger partial charge in [0.25, 0.3) is 5.91 Å². The zero-order chi connectivity index (χ0) is 22.8. The van der Waals surface area contributed by atoms with Gasteiger partial charge in [0.1, 0.15) is 0 Å². The lowest BCUT2D eigenvalue weighted by atomic mass is 10.1. The lowest BCUT2D eigenvalue weighted by Gasteiger charge is -2.11. The molecule has 0 aliphatic carbocycles. The second-order valence-electron chi connectivity index (χ2n) is 6.76. The molecule has 0 radical (unpaired) electrons. The maximum Gasteiger partial charge on any atom is 0.280 e. The largest absolute Gasteiger partial charge is 0.394 e. The van der Waals surface area contributed by atoms with E-state index in [0.717, 1.165) is 30.5 Å². The monoisotopic (exact) mass is 450 g/mol. The van der Waals surface area contributed by atoms with Crippen molar-refractivity contribution in [2.24, 2.45) is 0 Å². The van der Waals surface area contributed by atoms with E-state index in [2.05, 4.69) is 25.9 Å². The van der Waals surface area contributed by atoms with Crippen LogP contribution in [0.3, 0.4) is 0 Å². The highest BCUT2D eigenvalue weighted by molar-refractivity contribution is 6.31. The number of rotatable bonds is 10. The summed E-state index contributed by atoms with van der Waals surface area (Å²) in [5.74, 6) is -1.13. The molecule has 2 aromatic rings. The van der Waals surface area contributed by atoms with E-state index in [1.54, 1.807) is 0 Å². The number of benzene rings is 1. The zero-order valence-corrected chi connectivity index (χ0v) is 17.6. The Bertz CT molecular complexity index is 894. The number of nitrogens with zero attached hydrogens (tertiary/aromatic N) is 2. The van der Waals surface area contributed by atoms with Crippen LogP contribution in [-0.2, 0) is 6.42 Å². The first kappa shape index (κ1) is 24.1. The fourth-order valence-electron chi connectivity index (χ4n) is 2.58. The number of hydrogen-bond donors (Lipinski definition) is 8. The van der Waals surface area contributed by atoms with E-state index < -0.39 is 12.0 Å². The molecular weight excluding hydrogens is 424 g/mol. The van der Waals surface area contributed by atoms with Crippen LogP contribution in [0.1, 0.15) is 28.9 Å². The molecule has 1 aromatic heterocycles. The lowest BCUT2D eigenvalue weighted by molar-refractivity contribution is 0.0971. The van der Waals surface area contributed by atoms with Gasteiger partial charge in [0.15, 0.2) is 28.4 Å². The van der Waals surface area contributed by atoms with Crippen molar-refractivity contribution in [3.05, 3.63) is 40.7 Å². The Hall–Kier alpha value is -3.15. The molecule has 0 bridgehead atoms. The van der Waals surface area contributed by atoms with Gasteiger partial charge >= 0.3 is 0 Å². The van der Waals surface area contributed by atoms with Crippen molar-refractivity contribution >= 4 is 40.8 Å². The molecule has 0 saturated heterocycles. The average Bonchev–Trinajstić information content (AvgIpc) is 2.75. The van der Waals surface area contributed by atoms with E-state index in [0.29, 0.717) is 6.54 Å². The van der Waals surface area contributed by atoms with Crippen LogP contribution in [0.5, 0.6) is 0 Å². The Kier molecular flexibility index (Phi) is 9.25. The van der Waals surface area contributed by atoms with Crippen LogP contribution in [0.2, 0.25) is 5.15 Å². The summed E-state index contributed by atoms with van der Waals surface area (Å²) in [4.78, 5) is 19.7. The standard InChI is InChI=1S/C19H27ClN8O3/c20-15-17(22)27-16(21)14(26-15)18(31)28-19(23)24-8-2-1-3-11-4-6-12(7-5-11)25-9-13(30)10-29/h4-7,13,25,29-30H,1-3,8-10H2,(H4,21,22,27)(H3,23,24,28,31)/t13-/m1/s1. The van der Waals surface area contributed by atoms with Crippen LogP contribution in [-0.4, -0.2) is 57.8 Å². The number of aliphatic hydroxyl groups is 2. The molecule has 0 fully saturated rings. The van der Waals surface area contributed by atoms with Crippen molar-refractivity contribution in [1.29, 1.82) is 5.41 Å². The highest BCUT2D eigenvalue weighted by Crippen LogP contribution is 2.17. The van der Waals surface area contributed by atoms with Gasteiger partial charge in [-0.25, -0.2) is 9.97 Å². The number of aliphatic hydroxyl groups excluding tert-OH is 2. The first-order valence-corrected chi connectivity index (χ1v) is 10.0. The molecule has 1 atom stereocenters. The number of hydrogen-bond acceptors (Lipinski definition) is 9. The quantitative estimate of drug-likeness (QED) is 0.143. The van der Waals surface area contributed by atoms with Gasteiger partial charge in [-0.3, -0.25) is 15.5 Å². The number of carbonyl (C=O) groups is 1. The van der Waals surface area contributed by atoms with Crippen LogP contribution >= 0.6 is 11.6 Å². The smallest absolute Gasteiger partial charge is 0.280 e. The molecule has 12 heteroatoms. The fourth-order valence-corrected chi connectivity index (χ4v) is 2.71. The van der Waals surface area contributed by atoms with Gasteiger partial charge in [0.05, 0.1) is 12.7 Å². The number of guanidine groups is 1. The van der Waals surface area contributed by atoms with Crippen molar-refractivity contribution in [2.45, 2.75) is 25.4 Å². The Morgan fingerprint density at radius 3 is 2.55 bits per heavy atom. The van der Waals surface area contributed by atoms with E-state index in [1.807, 2.05) is 24.3 Å². The highest BCUT2D eigenvalue weighted by Gasteiger charge is 2.16. The third kappa shape index (κ3) is 7.89. The molecule has 0 aliphatic rings. The maximum atomic E-state index is 12.1. The summed E-state index contributed by atoms with van der Waals surface area (Å²) in [6.07, 6.45) is 1.74. The molecule has 168 valence electrons. The van der Waals surface area contributed by atoms with Crippen molar-refractivity contribution in [3.8, 4) is 0 Å². The van der Waals surface area contributed by atoms with Gasteiger partial charge in [-0.15, -0.1) is 0 Å². The summed E-state index contributed by atoms with van der Waals surface area (Å²) in [5.41, 5.74) is 12.9. The molecule has 11 nitrogen and oxygen atoms in total. The Balaban J connectivity index is 1.67. The minimum absolute atomic E-state index is 0.0738. The summed E-state index contributed by atoms with van der Waals surface area (Å²) >= 11 is 5.75. The van der Waals surface area contributed by atoms with Crippen molar-refractivity contribution < 1.29 is 15.0 Å². The Morgan fingerprint density at radius 1 is 1.16 bits per heavy atom. The van der Waals surface area contributed by atoms with E-state index in [-0.39, 0.29) is 41.6 Å². The Labute approximate surface area is 184 Å². The molecule has 2 rings (SSSR count). The number of nitrogens with one attached hydrogen (secondary N) is 4. The lowest BCUT2D eigenvalue weighted by Crippen LogP contribution is -2.41. The van der Waals surface area contributed by atoms with E-state index in [9.17, 15) is 9.90 Å². The van der Waals surface area contributed by atoms with Gasteiger partial charge in [-0.1, -0.05) is 23.7 Å². The molecule has 0 aliphatic heterocycles. The van der Waals surface area contributed by atoms with E-state index in [4.69, 9.17) is 33.6 Å². The molecule has 1 heterocycles. The number of halogens is 1. The molecule has 10 N–H and O–H groups in total. The van der Waals surface area contributed by atoms with Gasteiger partial charge < -0.3 is 32.3 Å². The molecule has 1 amide bonds. The molecule has 0 unspecified atom stereocenters. The van der Waals surface area contributed by atoms with Gasteiger partial charge in [0, 0.05) is 18.8 Å². The number of nitrogen functional groups attached to an aromatic ring is 2. The van der Waals surface area contributed by atoms with Crippen LogP contribution in [0, 0.1) is 5.41 Å². The number of carbonyl (C=O) groups excluding carboxylic acids is 1. The first-order chi connectivity index (χ1) is 14.8. The van der Waals surface area contributed by atoms with Gasteiger partial charge in [-0.2, -0.15) is 0 Å². The molecule has 31 heavy (non-hydrogen) atoms. The summed E-state index contributed by atoms with van der Waals surface area (Å²) in [7, 11) is 0. The van der Waals surface area contributed by atoms with Crippen LogP contribution < -0.4 is 27.4 Å². The summed E-state index contributed by atoms with van der Waals surface area (Å²) in [6.45, 7) is 0.508. The van der Waals surface area contributed by atoms with Gasteiger partial charge in [-0.05, 0) is 37.0 Å². The van der Waals surface area contributed by atoms with Crippen molar-refractivity contribution in [2.75, 3.05) is 36.5 Å². The topological polar surface area (TPSA) is 195 Å². The van der Waals surface area contributed by atoms with Gasteiger partial charge in [0.2, 0.25) is 0 Å². The van der Waals surface area contributed by atoms with Crippen LogP contribution in [0.25, 0.3) is 0 Å². The predicted octanol–water partition coefficient (Wildman–Crippen LogP) is 0.337. The predicted molar refractivity (Wildman–Crippen MR) is 120 cm³/mol. The number of unbranched alkanes of at least 4 members (excludes halogenated alkanes) is 1. The summed E-state index contributed by atoms with van der Waals surface area (Å²) < 4.78 is 0. The second kappa shape index (κ2) is 11.9. The number of aromatic nitrogens is 2.